The molecule has 0 unspecified atom stereocenters. The second-order valence-electron chi connectivity index (χ2n) is 7.50. The fraction of sp³-hybridized carbons (Fsp3) is 0.179. The maximum atomic E-state index is 12.9. The second kappa shape index (κ2) is 13.3. The molecule has 0 bridgehead atoms. The van der Waals surface area contributed by atoms with Gasteiger partial charge in [0.1, 0.15) is 17.2 Å². The van der Waals surface area contributed by atoms with Gasteiger partial charge in [-0.3, -0.25) is 9.59 Å². The van der Waals surface area contributed by atoms with Crippen LogP contribution in [0.3, 0.4) is 0 Å². The first kappa shape index (κ1) is 25.2. The fourth-order valence-electron chi connectivity index (χ4n) is 3.03. The summed E-state index contributed by atoms with van der Waals surface area (Å²) in [6.07, 6.45) is 4.02. The lowest BCUT2D eigenvalue weighted by molar-refractivity contribution is -0.117. The molecular formula is C28H29N3O4. The molecule has 0 aromatic heterocycles. The Kier molecular flexibility index (Phi) is 9.63. The van der Waals surface area contributed by atoms with E-state index in [9.17, 15) is 9.59 Å². The molecule has 0 saturated carbocycles. The van der Waals surface area contributed by atoms with Gasteiger partial charge in [0.25, 0.3) is 11.8 Å². The standard InChI is InChI=1S/C28H29N3O4/c1-3-18-35-25-14-10-21(11-15-25)19-26(30-27(32)23-8-6-5-7-9-23)28(33)31-29-20-22-12-16-24(17-13-22)34-4-2/h5-17,19-20H,3-4,18H2,1-2H3,(H,30,32)(H,31,33)/b26-19-,29-20-. The first-order valence-corrected chi connectivity index (χ1v) is 11.5. The number of amides is 2. The summed E-state index contributed by atoms with van der Waals surface area (Å²) in [7, 11) is 0. The van der Waals surface area contributed by atoms with E-state index in [-0.39, 0.29) is 5.70 Å². The highest BCUT2D eigenvalue weighted by atomic mass is 16.5. The number of nitrogens with zero attached hydrogens (tertiary/aromatic N) is 1. The molecule has 3 rings (SSSR count). The lowest BCUT2D eigenvalue weighted by atomic mass is 10.1. The zero-order valence-electron chi connectivity index (χ0n) is 19.9. The Bertz CT molecular complexity index is 1160. The van der Waals surface area contributed by atoms with E-state index in [0.29, 0.717) is 18.8 Å². The Morgan fingerprint density at radius 1 is 0.829 bits per heavy atom. The van der Waals surface area contributed by atoms with Gasteiger partial charge in [-0.1, -0.05) is 37.3 Å². The third kappa shape index (κ3) is 8.16. The Morgan fingerprint density at radius 2 is 1.46 bits per heavy atom. The van der Waals surface area contributed by atoms with Gasteiger partial charge >= 0.3 is 0 Å². The Labute approximate surface area is 205 Å². The van der Waals surface area contributed by atoms with Crippen LogP contribution in [0.25, 0.3) is 6.08 Å². The molecule has 180 valence electrons. The SMILES string of the molecule is CCCOc1ccc(/C=C(\NC(=O)c2ccccc2)C(=O)N/N=C\c2ccc(OCC)cc2)cc1. The zero-order chi connectivity index (χ0) is 24.9. The predicted molar refractivity (Wildman–Crippen MR) is 137 cm³/mol. The Hall–Kier alpha value is -4.39. The van der Waals surface area contributed by atoms with Crippen LogP contribution in [-0.4, -0.2) is 31.2 Å². The van der Waals surface area contributed by atoms with Crippen molar-refractivity contribution in [1.82, 2.24) is 10.7 Å². The number of rotatable bonds is 11. The van der Waals surface area contributed by atoms with Crippen molar-refractivity contribution in [1.29, 1.82) is 0 Å². The van der Waals surface area contributed by atoms with Crippen molar-refractivity contribution in [2.45, 2.75) is 20.3 Å². The van der Waals surface area contributed by atoms with Crippen molar-refractivity contribution in [3.05, 3.63) is 101 Å². The minimum absolute atomic E-state index is 0.0601. The number of benzene rings is 3. The largest absolute Gasteiger partial charge is 0.494 e. The minimum Gasteiger partial charge on any atom is -0.494 e. The molecule has 0 aliphatic rings. The number of nitrogens with one attached hydrogen (secondary N) is 2. The number of hydrogen-bond acceptors (Lipinski definition) is 5. The summed E-state index contributed by atoms with van der Waals surface area (Å²) in [5, 5.41) is 6.72. The molecule has 7 heteroatoms. The molecule has 0 atom stereocenters. The van der Waals surface area contributed by atoms with Crippen molar-refractivity contribution >= 4 is 24.1 Å². The summed E-state index contributed by atoms with van der Waals surface area (Å²) in [5.41, 5.74) is 4.49. The zero-order valence-corrected chi connectivity index (χ0v) is 19.9. The van der Waals surface area contributed by atoms with Crippen LogP contribution in [0.2, 0.25) is 0 Å². The van der Waals surface area contributed by atoms with Gasteiger partial charge in [-0.05, 0) is 79.1 Å². The summed E-state index contributed by atoms with van der Waals surface area (Å²) in [5.74, 6) is 0.546. The summed E-state index contributed by atoms with van der Waals surface area (Å²) >= 11 is 0. The van der Waals surface area contributed by atoms with Gasteiger partial charge in [-0.2, -0.15) is 5.10 Å². The Balaban J connectivity index is 1.75. The van der Waals surface area contributed by atoms with Crippen LogP contribution in [0.5, 0.6) is 11.5 Å². The van der Waals surface area contributed by atoms with Crippen molar-refractivity contribution in [3.8, 4) is 11.5 Å². The van der Waals surface area contributed by atoms with Crippen LogP contribution >= 0.6 is 0 Å². The van der Waals surface area contributed by atoms with Crippen molar-refractivity contribution < 1.29 is 19.1 Å². The first-order valence-electron chi connectivity index (χ1n) is 11.5. The first-order chi connectivity index (χ1) is 17.1. The van der Waals surface area contributed by atoms with Gasteiger partial charge < -0.3 is 14.8 Å². The van der Waals surface area contributed by atoms with Crippen molar-refractivity contribution in [2.24, 2.45) is 5.10 Å². The third-order valence-corrected chi connectivity index (χ3v) is 4.76. The molecule has 2 N–H and O–H groups in total. The number of hydrazone groups is 1. The van der Waals surface area contributed by atoms with Gasteiger partial charge in [-0.25, -0.2) is 5.43 Å². The quantitative estimate of drug-likeness (QED) is 0.239. The van der Waals surface area contributed by atoms with Crippen LogP contribution in [0.15, 0.2) is 89.7 Å². The number of carbonyl (C=O) groups is 2. The van der Waals surface area contributed by atoms with Gasteiger partial charge in [0.05, 0.1) is 19.4 Å². The summed E-state index contributed by atoms with van der Waals surface area (Å²) in [6.45, 7) is 5.17. The number of ether oxygens (including phenoxy) is 2. The topological polar surface area (TPSA) is 89.0 Å². The minimum atomic E-state index is -0.553. The van der Waals surface area contributed by atoms with E-state index in [0.717, 1.165) is 29.0 Å². The molecule has 0 radical (unpaired) electrons. The van der Waals surface area contributed by atoms with Crippen LogP contribution in [-0.2, 0) is 4.79 Å². The third-order valence-electron chi connectivity index (χ3n) is 4.76. The molecule has 0 aliphatic carbocycles. The van der Waals surface area contributed by atoms with Crippen LogP contribution in [0.4, 0.5) is 0 Å². The maximum Gasteiger partial charge on any atom is 0.287 e. The summed E-state index contributed by atoms with van der Waals surface area (Å²) < 4.78 is 11.0. The fourth-order valence-corrected chi connectivity index (χ4v) is 3.03. The average molecular weight is 472 g/mol. The maximum absolute atomic E-state index is 12.9. The normalized spacial score (nSPS) is 11.2. The molecule has 0 fully saturated rings. The van der Waals surface area contributed by atoms with E-state index in [2.05, 4.69) is 15.8 Å². The van der Waals surface area contributed by atoms with E-state index in [1.165, 1.54) is 6.21 Å². The van der Waals surface area contributed by atoms with Crippen molar-refractivity contribution in [2.75, 3.05) is 13.2 Å². The molecule has 35 heavy (non-hydrogen) atoms. The van der Waals surface area contributed by atoms with Gasteiger partial charge in [0, 0.05) is 5.56 Å². The highest BCUT2D eigenvalue weighted by Gasteiger charge is 2.14. The second-order valence-corrected chi connectivity index (χ2v) is 7.50. The molecule has 0 heterocycles. The predicted octanol–water partition coefficient (Wildman–Crippen LogP) is 4.80. The Morgan fingerprint density at radius 3 is 2.09 bits per heavy atom. The van der Waals surface area contributed by atoms with Crippen molar-refractivity contribution in [3.63, 3.8) is 0 Å². The molecule has 3 aromatic carbocycles. The van der Waals surface area contributed by atoms with E-state index in [4.69, 9.17) is 9.47 Å². The molecule has 0 aliphatic heterocycles. The van der Waals surface area contributed by atoms with Crippen LogP contribution in [0.1, 0.15) is 41.8 Å². The number of hydrogen-bond donors (Lipinski definition) is 2. The average Bonchev–Trinajstić information content (AvgIpc) is 2.89. The van der Waals surface area contributed by atoms with E-state index in [1.807, 2.05) is 68.4 Å². The summed E-state index contributed by atoms with van der Waals surface area (Å²) in [6, 6.07) is 23.3. The van der Waals surface area contributed by atoms with E-state index >= 15 is 0 Å². The number of carbonyl (C=O) groups excluding carboxylic acids is 2. The van der Waals surface area contributed by atoms with Gasteiger partial charge in [0.2, 0.25) is 0 Å². The van der Waals surface area contributed by atoms with E-state index in [1.54, 1.807) is 30.3 Å². The van der Waals surface area contributed by atoms with Crippen LogP contribution < -0.4 is 20.2 Å². The highest BCUT2D eigenvalue weighted by molar-refractivity contribution is 6.05. The molecule has 0 saturated heterocycles. The molecule has 3 aromatic rings. The van der Waals surface area contributed by atoms with E-state index < -0.39 is 11.8 Å². The highest BCUT2D eigenvalue weighted by Crippen LogP contribution is 2.15. The summed E-state index contributed by atoms with van der Waals surface area (Å²) in [4.78, 5) is 25.6. The molecule has 2 amide bonds. The molecular weight excluding hydrogens is 442 g/mol. The molecule has 0 spiro atoms. The van der Waals surface area contributed by atoms with Gasteiger partial charge in [0.15, 0.2) is 0 Å². The lowest BCUT2D eigenvalue weighted by Gasteiger charge is -2.10. The van der Waals surface area contributed by atoms with Gasteiger partial charge in [-0.15, -0.1) is 0 Å². The molecule has 7 nitrogen and oxygen atoms in total. The lowest BCUT2D eigenvalue weighted by Crippen LogP contribution is -2.32. The monoisotopic (exact) mass is 471 g/mol. The van der Waals surface area contributed by atoms with Crippen LogP contribution in [0, 0.1) is 0 Å². The smallest absolute Gasteiger partial charge is 0.287 e.